The number of aryl methyl sites for hydroxylation is 1. The Bertz CT molecular complexity index is 615. The van der Waals surface area contributed by atoms with Gasteiger partial charge in [0.25, 0.3) is 0 Å². The lowest BCUT2D eigenvalue weighted by atomic mass is 9.85. The standard InChI is InChI=1S/C17H19F3O2/c1-10(2)15(21)22-16(3,4)14-8-5-11-9-12(17(18,19)20)6-7-13(11)14/h6-7,9,14H,1,5,8H2,2-4H3. The number of benzene rings is 1. The maximum atomic E-state index is 12.8. The van der Waals surface area contributed by atoms with Gasteiger partial charge in [0.05, 0.1) is 5.56 Å². The summed E-state index contributed by atoms with van der Waals surface area (Å²) < 4.78 is 43.8. The topological polar surface area (TPSA) is 26.3 Å². The van der Waals surface area contributed by atoms with E-state index in [4.69, 9.17) is 4.74 Å². The van der Waals surface area contributed by atoms with E-state index in [1.807, 2.05) is 0 Å². The van der Waals surface area contributed by atoms with Crippen LogP contribution in [0.2, 0.25) is 0 Å². The maximum Gasteiger partial charge on any atom is 0.416 e. The Hall–Kier alpha value is -1.78. The molecule has 0 aliphatic heterocycles. The van der Waals surface area contributed by atoms with Crippen LogP contribution in [0.1, 0.15) is 49.8 Å². The molecule has 0 radical (unpaired) electrons. The Kier molecular flexibility index (Phi) is 4.11. The number of alkyl halides is 3. The molecular formula is C17H19F3O2. The first-order valence-electron chi connectivity index (χ1n) is 7.11. The van der Waals surface area contributed by atoms with E-state index in [1.54, 1.807) is 20.8 Å². The number of carbonyl (C=O) groups is 1. The fourth-order valence-corrected chi connectivity index (χ4v) is 2.91. The number of esters is 1. The normalized spacial score (nSPS) is 18.0. The molecule has 1 unspecified atom stereocenters. The van der Waals surface area contributed by atoms with Crippen molar-refractivity contribution in [3.8, 4) is 0 Å². The quantitative estimate of drug-likeness (QED) is 0.600. The molecule has 0 saturated carbocycles. The lowest BCUT2D eigenvalue weighted by Crippen LogP contribution is -2.34. The first kappa shape index (κ1) is 16.6. The number of halogens is 3. The van der Waals surface area contributed by atoms with Crippen molar-refractivity contribution in [3.63, 3.8) is 0 Å². The highest BCUT2D eigenvalue weighted by Gasteiger charge is 2.40. The second-order valence-electron chi connectivity index (χ2n) is 6.28. The minimum Gasteiger partial charge on any atom is -0.456 e. The zero-order valence-corrected chi connectivity index (χ0v) is 12.9. The van der Waals surface area contributed by atoms with Crippen LogP contribution in [0.4, 0.5) is 13.2 Å². The number of ether oxygens (including phenoxy) is 1. The van der Waals surface area contributed by atoms with Crippen molar-refractivity contribution in [3.05, 3.63) is 47.0 Å². The van der Waals surface area contributed by atoms with Gasteiger partial charge in [0.2, 0.25) is 0 Å². The van der Waals surface area contributed by atoms with Gasteiger partial charge < -0.3 is 4.74 Å². The minimum atomic E-state index is -4.34. The summed E-state index contributed by atoms with van der Waals surface area (Å²) in [4.78, 5) is 11.7. The zero-order valence-electron chi connectivity index (χ0n) is 12.9. The molecule has 1 atom stereocenters. The maximum absolute atomic E-state index is 12.8. The fraction of sp³-hybridized carbons (Fsp3) is 0.471. The molecule has 0 aromatic heterocycles. The third-order valence-electron chi connectivity index (χ3n) is 4.09. The smallest absolute Gasteiger partial charge is 0.416 e. The zero-order chi connectivity index (χ0) is 16.7. The number of fused-ring (bicyclic) bond motifs is 1. The van der Waals surface area contributed by atoms with Gasteiger partial charge in [-0.2, -0.15) is 13.2 Å². The fourth-order valence-electron chi connectivity index (χ4n) is 2.91. The third-order valence-corrected chi connectivity index (χ3v) is 4.09. The molecule has 0 N–H and O–H groups in total. The highest BCUT2D eigenvalue weighted by Crippen LogP contribution is 2.44. The third kappa shape index (κ3) is 3.18. The highest BCUT2D eigenvalue weighted by atomic mass is 19.4. The molecule has 2 rings (SSSR count). The average Bonchev–Trinajstić information content (AvgIpc) is 2.80. The number of hydrogen-bond acceptors (Lipinski definition) is 2. The van der Waals surface area contributed by atoms with Crippen molar-refractivity contribution in [1.29, 1.82) is 0 Å². The number of carbonyl (C=O) groups excluding carboxylic acids is 1. The van der Waals surface area contributed by atoms with E-state index >= 15 is 0 Å². The molecule has 0 heterocycles. The molecule has 1 aromatic carbocycles. The second kappa shape index (κ2) is 5.45. The molecule has 1 aliphatic rings. The van der Waals surface area contributed by atoms with Crippen LogP contribution in [0.25, 0.3) is 0 Å². The summed E-state index contributed by atoms with van der Waals surface area (Å²) >= 11 is 0. The Morgan fingerprint density at radius 3 is 2.50 bits per heavy atom. The van der Waals surface area contributed by atoms with E-state index in [9.17, 15) is 18.0 Å². The van der Waals surface area contributed by atoms with Gasteiger partial charge >= 0.3 is 12.1 Å². The van der Waals surface area contributed by atoms with Crippen LogP contribution < -0.4 is 0 Å². The predicted octanol–water partition coefficient (Wildman–Crippen LogP) is 4.63. The molecule has 2 nitrogen and oxygen atoms in total. The Balaban J connectivity index is 2.28. The van der Waals surface area contributed by atoms with Gasteiger partial charge in [0.15, 0.2) is 0 Å². The van der Waals surface area contributed by atoms with Crippen molar-refractivity contribution in [2.24, 2.45) is 0 Å². The molecule has 0 fully saturated rings. The van der Waals surface area contributed by atoms with Crippen LogP contribution >= 0.6 is 0 Å². The number of hydrogen-bond donors (Lipinski definition) is 0. The lowest BCUT2D eigenvalue weighted by molar-refractivity contribution is -0.153. The van der Waals surface area contributed by atoms with Gasteiger partial charge in [-0.1, -0.05) is 12.6 Å². The van der Waals surface area contributed by atoms with Crippen molar-refractivity contribution in [2.45, 2.75) is 51.3 Å². The molecular weight excluding hydrogens is 293 g/mol. The van der Waals surface area contributed by atoms with E-state index in [0.29, 0.717) is 24.0 Å². The molecule has 5 heteroatoms. The van der Waals surface area contributed by atoms with Crippen LogP contribution in [0.5, 0.6) is 0 Å². The first-order chi connectivity index (χ1) is 10.0. The van der Waals surface area contributed by atoms with Crippen molar-refractivity contribution in [1.82, 2.24) is 0 Å². The van der Waals surface area contributed by atoms with E-state index in [0.717, 1.165) is 11.6 Å². The first-order valence-corrected chi connectivity index (χ1v) is 7.11. The average molecular weight is 312 g/mol. The summed E-state index contributed by atoms with van der Waals surface area (Å²) in [6, 6.07) is 3.80. The van der Waals surface area contributed by atoms with Crippen LogP contribution in [-0.2, 0) is 22.1 Å². The van der Waals surface area contributed by atoms with E-state index in [-0.39, 0.29) is 5.92 Å². The summed E-state index contributed by atoms with van der Waals surface area (Å²) in [6.07, 6.45) is -3.12. The Labute approximate surface area is 128 Å². The monoisotopic (exact) mass is 312 g/mol. The SMILES string of the molecule is C=C(C)C(=O)OC(C)(C)C1CCc2cc(C(F)(F)F)ccc21. The van der Waals surface area contributed by atoms with Crippen LogP contribution in [0.15, 0.2) is 30.4 Å². The molecule has 22 heavy (non-hydrogen) atoms. The largest absolute Gasteiger partial charge is 0.456 e. The molecule has 0 amide bonds. The van der Waals surface area contributed by atoms with Gasteiger partial charge in [-0.15, -0.1) is 0 Å². The number of rotatable bonds is 3. The molecule has 1 aliphatic carbocycles. The lowest BCUT2D eigenvalue weighted by Gasteiger charge is -2.32. The van der Waals surface area contributed by atoms with Crippen molar-refractivity contribution >= 4 is 5.97 Å². The van der Waals surface area contributed by atoms with Gasteiger partial charge in [0, 0.05) is 11.5 Å². The summed E-state index contributed by atoms with van der Waals surface area (Å²) in [5, 5.41) is 0. The minimum absolute atomic E-state index is 0.118. The summed E-state index contributed by atoms with van der Waals surface area (Å²) in [6.45, 7) is 8.68. The van der Waals surface area contributed by atoms with E-state index in [2.05, 4.69) is 6.58 Å². The summed E-state index contributed by atoms with van der Waals surface area (Å²) in [5.41, 5.74) is 0.384. The molecule has 120 valence electrons. The predicted molar refractivity (Wildman–Crippen MR) is 77.5 cm³/mol. The van der Waals surface area contributed by atoms with E-state index < -0.39 is 23.3 Å². The molecule has 0 bridgehead atoms. The summed E-state index contributed by atoms with van der Waals surface area (Å²) in [7, 11) is 0. The molecule has 0 saturated heterocycles. The molecule has 1 aromatic rings. The van der Waals surface area contributed by atoms with Gasteiger partial charge in [-0.25, -0.2) is 4.79 Å². The summed E-state index contributed by atoms with van der Waals surface area (Å²) in [5.74, 6) is -0.599. The van der Waals surface area contributed by atoms with Gasteiger partial charge in [-0.3, -0.25) is 0 Å². The van der Waals surface area contributed by atoms with E-state index in [1.165, 1.54) is 12.1 Å². The van der Waals surface area contributed by atoms with Crippen LogP contribution in [0.3, 0.4) is 0 Å². The Morgan fingerprint density at radius 2 is 1.95 bits per heavy atom. The van der Waals surface area contributed by atoms with Crippen LogP contribution in [0, 0.1) is 0 Å². The Morgan fingerprint density at radius 1 is 1.32 bits per heavy atom. The molecule has 0 spiro atoms. The van der Waals surface area contributed by atoms with Crippen molar-refractivity contribution in [2.75, 3.05) is 0 Å². The van der Waals surface area contributed by atoms with Gasteiger partial charge in [-0.05, 0) is 56.9 Å². The highest BCUT2D eigenvalue weighted by molar-refractivity contribution is 5.87. The van der Waals surface area contributed by atoms with Gasteiger partial charge in [0.1, 0.15) is 5.60 Å². The van der Waals surface area contributed by atoms with Crippen LogP contribution in [-0.4, -0.2) is 11.6 Å². The van der Waals surface area contributed by atoms with Crippen molar-refractivity contribution < 1.29 is 22.7 Å². The second-order valence-corrected chi connectivity index (χ2v) is 6.28.